The number of fused-ring (bicyclic) bond motifs is 1. The van der Waals surface area contributed by atoms with Gasteiger partial charge < -0.3 is 15.2 Å². The van der Waals surface area contributed by atoms with Gasteiger partial charge in [-0.1, -0.05) is 0 Å². The van der Waals surface area contributed by atoms with E-state index in [1.807, 2.05) is 26.0 Å². The molecule has 0 saturated carbocycles. The van der Waals surface area contributed by atoms with Crippen LogP contribution in [0.25, 0.3) is 0 Å². The molecule has 0 radical (unpaired) electrons. The molecule has 0 atom stereocenters. The molecule has 2 rings (SSSR count). The van der Waals surface area contributed by atoms with Gasteiger partial charge in [-0.25, -0.2) is 0 Å². The summed E-state index contributed by atoms with van der Waals surface area (Å²) < 4.78 is 5.43. The summed E-state index contributed by atoms with van der Waals surface area (Å²) in [6.07, 6.45) is 0.977. The quantitative estimate of drug-likeness (QED) is 0.794. The molecule has 1 aromatic rings. The Labute approximate surface area is 90.1 Å². The zero-order valence-corrected chi connectivity index (χ0v) is 9.21. The molecule has 0 amide bonds. The Morgan fingerprint density at radius 2 is 2.27 bits per heavy atom. The van der Waals surface area contributed by atoms with E-state index in [0.717, 1.165) is 24.5 Å². The molecule has 1 aliphatic rings. The molecule has 1 aliphatic heterocycles. The van der Waals surface area contributed by atoms with Crippen molar-refractivity contribution in [1.29, 1.82) is 0 Å². The van der Waals surface area contributed by atoms with Crippen molar-refractivity contribution in [1.82, 2.24) is 0 Å². The lowest BCUT2D eigenvalue weighted by Crippen LogP contribution is -2.34. The van der Waals surface area contributed by atoms with Gasteiger partial charge in [-0.2, -0.15) is 0 Å². The number of nitrogens with one attached hydrogen (secondary N) is 1. The average Bonchev–Trinajstić information content (AvgIpc) is 2.64. The summed E-state index contributed by atoms with van der Waals surface area (Å²) in [6.45, 7) is 4.83. The first-order valence-electron chi connectivity index (χ1n) is 5.25. The summed E-state index contributed by atoms with van der Waals surface area (Å²) in [6, 6.07) is 6.07. The fourth-order valence-electron chi connectivity index (χ4n) is 1.69. The third-order valence-electron chi connectivity index (χ3n) is 2.57. The fraction of sp³-hybridized carbons (Fsp3) is 0.500. The Morgan fingerprint density at radius 3 is 3.00 bits per heavy atom. The standard InChI is InChI=1S/C12H17NO2/c1-12(2,8-14)13-10-3-4-11-9(7-10)5-6-15-11/h3-4,7,13-14H,5-6,8H2,1-2H3. The van der Waals surface area contributed by atoms with Crippen LogP contribution in [0.5, 0.6) is 5.75 Å². The van der Waals surface area contributed by atoms with Crippen LogP contribution < -0.4 is 10.1 Å². The van der Waals surface area contributed by atoms with Crippen molar-refractivity contribution in [3.8, 4) is 5.75 Å². The molecule has 0 bridgehead atoms. The molecule has 1 aromatic carbocycles. The van der Waals surface area contributed by atoms with Gasteiger partial charge in [-0.05, 0) is 37.6 Å². The summed E-state index contributed by atoms with van der Waals surface area (Å²) in [5, 5.41) is 12.5. The monoisotopic (exact) mass is 207 g/mol. The minimum atomic E-state index is -0.284. The van der Waals surface area contributed by atoms with Crippen molar-refractivity contribution in [2.45, 2.75) is 25.8 Å². The van der Waals surface area contributed by atoms with Gasteiger partial charge in [-0.15, -0.1) is 0 Å². The summed E-state index contributed by atoms with van der Waals surface area (Å²) in [5.74, 6) is 0.988. The first kappa shape index (κ1) is 10.3. The highest BCUT2D eigenvalue weighted by atomic mass is 16.5. The normalized spacial score (nSPS) is 14.6. The maximum atomic E-state index is 9.16. The van der Waals surface area contributed by atoms with Gasteiger partial charge in [0.2, 0.25) is 0 Å². The lowest BCUT2D eigenvalue weighted by atomic mass is 10.1. The predicted molar refractivity (Wildman–Crippen MR) is 60.4 cm³/mol. The van der Waals surface area contributed by atoms with E-state index >= 15 is 0 Å². The predicted octanol–water partition coefficient (Wildman–Crippen LogP) is 1.80. The minimum Gasteiger partial charge on any atom is -0.493 e. The van der Waals surface area contributed by atoms with E-state index in [0.29, 0.717) is 0 Å². The Kier molecular flexibility index (Phi) is 2.57. The second-order valence-corrected chi connectivity index (χ2v) is 4.59. The zero-order valence-electron chi connectivity index (χ0n) is 9.21. The van der Waals surface area contributed by atoms with Gasteiger partial charge in [0.25, 0.3) is 0 Å². The second-order valence-electron chi connectivity index (χ2n) is 4.59. The average molecular weight is 207 g/mol. The van der Waals surface area contributed by atoms with Crippen LogP contribution in [0.1, 0.15) is 19.4 Å². The SMILES string of the molecule is CC(C)(CO)Nc1ccc2c(c1)CCO2. The van der Waals surface area contributed by atoms with Crippen LogP contribution in [0.4, 0.5) is 5.69 Å². The Bertz CT molecular complexity index is 361. The van der Waals surface area contributed by atoms with E-state index in [1.165, 1.54) is 5.56 Å². The topological polar surface area (TPSA) is 41.5 Å². The summed E-state index contributed by atoms with van der Waals surface area (Å²) in [4.78, 5) is 0. The number of rotatable bonds is 3. The highest BCUT2D eigenvalue weighted by Crippen LogP contribution is 2.28. The lowest BCUT2D eigenvalue weighted by Gasteiger charge is -2.25. The number of hydrogen-bond acceptors (Lipinski definition) is 3. The van der Waals surface area contributed by atoms with Crippen LogP contribution in [0.3, 0.4) is 0 Å². The van der Waals surface area contributed by atoms with Gasteiger partial charge >= 0.3 is 0 Å². The minimum absolute atomic E-state index is 0.112. The number of ether oxygens (including phenoxy) is 1. The molecule has 0 spiro atoms. The van der Waals surface area contributed by atoms with Crippen LogP contribution in [0.2, 0.25) is 0 Å². The van der Waals surface area contributed by atoms with Crippen LogP contribution in [0, 0.1) is 0 Å². The third-order valence-corrected chi connectivity index (χ3v) is 2.57. The van der Waals surface area contributed by atoms with Crippen LogP contribution in [0.15, 0.2) is 18.2 Å². The van der Waals surface area contributed by atoms with Crippen LogP contribution in [-0.4, -0.2) is 23.9 Å². The first-order valence-corrected chi connectivity index (χ1v) is 5.25. The van der Waals surface area contributed by atoms with E-state index in [9.17, 15) is 0 Å². The van der Waals surface area contributed by atoms with Crippen molar-refractivity contribution < 1.29 is 9.84 Å². The molecular formula is C12H17NO2. The zero-order chi connectivity index (χ0) is 10.9. The molecular weight excluding hydrogens is 190 g/mol. The van der Waals surface area contributed by atoms with Gasteiger partial charge in [0.05, 0.1) is 18.8 Å². The van der Waals surface area contributed by atoms with Crippen LogP contribution in [-0.2, 0) is 6.42 Å². The highest BCUT2D eigenvalue weighted by molar-refractivity contribution is 5.53. The molecule has 0 aliphatic carbocycles. The highest BCUT2D eigenvalue weighted by Gasteiger charge is 2.17. The maximum absolute atomic E-state index is 9.16. The second kappa shape index (κ2) is 3.74. The van der Waals surface area contributed by atoms with Gasteiger partial charge in [-0.3, -0.25) is 0 Å². The molecule has 0 saturated heterocycles. The maximum Gasteiger partial charge on any atom is 0.122 e. The van der Waals surface area contributed by atoms with Crippen molar-refractivity contribution in [3.05, 3.63) is 23.8 Å². The van der Waals surface area contributed by atoms with Gasteiger partial charge in [0.1, 0.15) is 5.75 Å². The van der Waals surface area contributed by atoms with E-state index in [-0.39, 0.29) is 12.1 Å². The summed E-state index contributed by atoms with van der Waals surface area (Å²) >= 11 is 0. The summed E-state index contributed by atoms with van der Waals surface area (Å²) in [7, 11) is 0. The molecule has 2 N–H and O–H groups in total. The van der Waals surface area contributed by atoms with E-state index in [4.69, 9.17) is 9.84 Å². The van der Waals surface area contributed by atoms with Crippen LogP contribution >= 0.6 is 0 Å². The van der Waals surface area contributed by atoms with Crippen molar-refractivity contribution in [3.63, 3.8) is 0 Å². The molecule has 15 heavy (non-hydrogen) atoms. The first-order chi connectivity index (χ1) is 7.11. The van der Waals surface area contributed by atoms with E-state index < -0.39 is 0 Å². The largest absolute Gasteiger partial charge is 0.493 e. The molecule has 3 nitrogen and oxygen atoms in total. The molecule has 82 valence electrons. The van der Waals surface area contributed by atoms with E-state index in [2.05, 4.69) is 11.4 Å². The number of aliphatic hydroxyl groups excluding tert-OH is 1. The Balaban J connectivity index is 2.17. The number of benzene rings is 1. The lowest BCUT2D eigenvalue weighted by molar-refractivity contribution is 0.234. The van der Waals surface area contributed by atoms with Gasteiger partial charge in [0, 0.05) is 12.1 Å². The molecule has 0 fully saturated rings. The van der Waals surface area contributed by atoms with E-state index in [1.54, 1.807) is 0 Å². The molecule has 0 unspecified atom stereocenters. The number of aliphatic hydroxyl groups is 1. The number of anilines is 1. The molecule has 1 heterocycles. The molecule has 0 aromatic heterocycles. The number of hydrogen-bond donors (Lipinski definition) is 2. The van der Waals surface area contributed by atoms with Gasteiger partial charge in [0.15, 0.2) is 0 Å². The van der Waals surface area contributed by atoms with Crippen molar-refractivity contribution >= 4 is 5.69 Å². The Morgan fingerprint density at radius 1 is 1.47 bits per heavy atom. The van der Waals surface area contributed by atoms with Crippen molar-refractivity contribution in [2.24, 2.45) is 0 Å². The third kappa shape index (κ3) is 2.23. The smallest absolute Gasteiger partial charge is 0.122 e. The fourth-order valence-corrected chi connectivity index (χ4v) is 1.69. The van der Waals surface area contributed by atoms with Crippen molar-refractivity contribution in [2.75, 3.05) is 18.5 Å². The summed E-state index contributed by atoms with van der Waals surface area (Å²) in [5.41, 5.74) is 2.00. The Hall–Kier alpha value is -1.22. The molecule has 3 heteroatoms.